The molecule has 0 radical (unpaired) electrons. The van der Waals surface area contributed by atoms with Crippen molar-refractivity contribution in [1.82, 2.24) is 4.98 Å². The number of aromatic nitrogens is 1. The number of aryl methyl sites for hydroxylation is 2. The molecule has 0 fully saturated rings. The molecule has 0 aliphatic rings. The lowest BCUT2D eigenvalue weighted by Gasteiger charge is -2.19. The Balaban J connectivity index is 1.71. The second-order valence-electron chi connectivity index (χ2n) is 6.76. The highest BCUT2D eigenvalue weighted by atomic mass is 35.5. The van der Waals surface area contributed by atoms with E-state index in [1.165, 1.54) is 16.9 Å². The number of benzene rings is 2. The van der Waals surface area contributed by atoms with Crippen molar-refractivity contribution in [2.45, 2.75) is 26.8 Å². The first kappa shape index (κ1) is 18.7. The first-order valence-electron chi connectivity index (χ1n) is 8.95. The topological polar surface area (TPSA) is 46.3 Å². The lowest BCUT2D eigenvalue weighted by Crippen LogP contribution is -2.31. The lowest BCUT2D eigenvalue weighted by atomic mass is 10.1. The number of hydrogen-bond donors (Lipinski definition) is 0. The van der Waals surface area contributed by atoms with Gasteiger partial charge in [0.05, 0.1) is 34.5 Å². The summed E-state index contributed by atoms with van der Waals surface area (Å²) in [5.74, 6) is 0.674. The van der Waals surface area contributed by atoms with Crippen LogP contribution in [0.5, 0.6) is 0 Å². The molecule has 4 rings (SSSR count). The van der Waals surface area contributed by atoms with Gasteiger partial charge in [-0.3, -0.25) is 9.69 Å². The molecule has 0 aliphatic heterocycles. The zero-order valence-electron chi connectivity index (χ0n) is 15.6. The monoisotopic (exact) mass is 410 g/mol. The van der Waals surface area contributed by atoms with Crippen LogP contribution in [-0.4, -0.2) is 10.9 Å². The van der Waals surface area contributed by atoms with Crippen molar-refractivity contribution in [2.75, 3.05) is 4.90 Å². The second-order valence-corrected chi connectivity index (χ2v) is 8.14. The first-order chi connectivity index (χ1) is 13.5. The summed E-state index contributed by atoms with van der Waals surface area (Å²) >= 11 is 7.79. The van der Waals surface area contributed by atoms with Crippen LogP contribution in [-0.2, 0) is 17.8 Å². The van der Waals surface area contributed by atoms with E-state index in [0.717, 1.165) is 21.3 Å². The SMILES string of the molecule is Cc1ccc(CC(=O)N(Cc2ccco2)c2nc3c(C)ccc(Cl)c3s2)cc1. The Morgan fingerprint density at radius 3 is 2.61 bits per heavy atom. The minimum atomic E-state index is -0.0342. The van der Waals surface area contributed by atoms with Gasteiger partial charge in [-0.15, -0.1) is 0 Å². The number of nitrogens with zero attached hydrogens (tertiary/aromatic N) is 2. The van der Waals surface area contributed by atoms with E-state index in [-0.39, 0.29) is 5.91 Å². The molecule has 1 amide bonds. The van der Waals surface area contributed by atoms with Crippen molar-refractivity contribution in [3.8, 4) is 0 Å². The highest BCUT2D eigenvalue weighted by molar-refractivity contribution is 7.23. The highest BCUT2D eigenvalue weighted by Gasteiger charge is 2.22. The van der Waals surface area contributed by atoms with Crippen LogP contribution in [0, 0.1) is 13.8 Å². The van der Waals surface area contributed by atoms with Crippen molar-refractivity contribution in [1.29, 1.82) is 0 Å². The van der Waals surface area contributed by atoms with Gasteiger partial charge in [0.25, 0.3) is 0 Å². The van der Waals surface area contributed by atoms with Crippen LogP contribution < -0.4 is 4.90 Å². The number of rotatable bonds is 5. The molecular formula is C22H19ClN2O2S. The Morgan fingerprint density at radius 2 is 1.93 bits per heavy atom. The maximum absolute atomic E-state index is 13.2. The summed E-state index contributed by atoms with van der Waals surface area (Å²) < 4.78 is 6.37. The molecule has 6 heteroatoms. The maximum Gasteiger partial charge on any atom is 0.233 e. The Morgan fingerprint density at radius 1 is 1.14 bits per heavy atom. The lowest BCUT2D eigenvalue weighted by molar-refractivity contribution is -0.118. The zero-order valence-corrected chi connectivity index (χ0v) is 17.2. The van der Waals surface area contributed by atoms with Crippen molar-refractivity contribution in [2.24, 2.45) is 0 Å². The minimum Gasteiger partial charge on any atom is -0.467 e. The average molecular weight is 411 g/mol. The molecule has 0 N–H and O–H groups in total. The number of carbonyl (C=O) groups is 1. The predicted molar refractivity (Wildman–Crippen MR) is 114 cm³/mol. The fraction of sp³-hybridized carbons (Fsp3) is 0.182. The Kier molecular flexibility index (Phi) is 5.20. The number of amides is 1. The van der Waals surface area contributed by atoms with Crippen molar-refractivity contribution < 1.29 is 9.21 Å². The molecule has 0 unspecified atom stereocenters. The summed E-state index contributed by atoms with van der Waals surface area (Å²) in [6.45, 7) is 4.35. The third-order valence-electron chi connectivity index (χ3n) is 4.59. The van der Waals surface area contributed by atoms with Gasteiger partial charge in [0, 0.05) is 0 Å². The minimum absolute atomic E-state index is 0.0342. The fourth-order valence-electron chi connectivity index (χ4n) is 3.00. The molecule has 2 heterocycles. The maximum atomic E-state index is 13.2. The smallest absolute Gasteiger partial charge is 0.233 e. The molecule has 0 aliphatic carbocycles. The van der Waals surface area contributed by atoms with E-state index in [4.69, 9.17) is 21.0 Å². The van der Waals surface area contributed by atoms with Gasteiger partial charge in [0.1, 0.15) is 5.76 Å². The predicted octanol–water partition coefficient (Wildman–Crippen LogP) is 5.94. The number of hydrogen-bond acceptors (Lipinski definition) is 4. The third-order valence-corrected chi connectivity index (χ3v) is 6.13. The van der Waals surface area contributed by atoms with Gasteiger partial charge >= 0.3 is 0 Å². The fourth-order valence-corrected chi connectivity index (χ4v) is 4.34. The van der Waals surface area contributed by atoms with Gasteiger partial charge in [-0.2, -0.15) is 0 Å². The molecule has 2 aromatic heterocycles. The molecule has 4 nitrogen and oxygen atoms in total. The molecular weight excluding hydrogens is 392 g/mol. The normalized spacial score (nSPS) is 11.1. The highest BCUT2D eigenvalue weighted by Crippen LogP contribution is 2.36. The second kappa shape index (κ2) is 7.78. The number of anilines is 1. The molecule has 0 saturated carbocycles. The Labute approximate surface area is 172 Å². The molecule has 4 aromatic rings. The number of fused-ring (bicyclic) bond motifs is 1. The Bertz CT molecular complexity index is 1080. The van der Waals surface area contributed by atoms with Crippen molar-refractivity contribution >= 4 is 44.2 Å². The van der Waals surface area contributed by atoms with E-state index in [2.05, 4.69) is 0 Å². The number of thiazole rings is 1. The van der Waals surface area contributed by atoms with Crippen LogP contribution in [0.3, 0.4) is 0 Å². The van der Waals surface area contributed by atoms with E-state index < -0.39 is 0 Å². The summed E-state index contributed by atoms with van der Waals surface area (Å²) in [7, 11) is 0. The van der Waals surface area contributed by atoms with E-state index in [9.17, 15) is 4.79 Å². The number of carbonyl (C=O) groups excluding carboxylic acids is 1. The van der Waals surface area contributed by atoms with Gasteiger partial charge in [-0.25, -0.2) is 4.98 Å². The van der Waals surface area contributed by atoms with Crippen LogP contribution in [0.15, 0.2) is 59.2 Å². The van der Waals surface area contributed by atoms with E-state index in [1.54, 1.807) is 11.2 Å². The molecule has 28 heavy (non-hydrogen) atoms. The first-order valence-corrected chi connectivity index (χ1v) is 10.1. The zero-order chi connectivity index (χ0) is 19.7. The summed E-state index contributed by atoms with van der Waals surface area (Å²) in [4.78, 5) is 19.6. The van der Waals surface area contributed by atoms with E-state index in [1.807, 2.05) is 62.4 Å². The molecule has 2 aromatic carbocycles. The average Bonchev–Trinajstić information content (AvgIpc) is 3.35. The van der Waals surface area contributed by atoms with Crippen LogP contribution in [0.1, 0.15) is 22.5 Å². The molecule has 142 valence electrons. The third kappa shape index (κ3) is 3.81. The van der Waals surface area contributed by atoms with Crippen LogP contribution in [0.2, 0.25) is 5.02 Å². The summed E-state index contributed by atoms with van der Waals surface area (Å²) in [6, 6.07) is 15.5. The molecule has 0 spiro atoms. The van der Waals surface area contributed by atoms with Gasteiger partial charge in [0.2, 0.25) is 5.91 Å². The van der Waals surface area contributed by atoms with Crippen LogP contribution >= 0.6 is 22.9 Å². The van der Waals surface area contributed by atoms with Crippen molar-refractivity contribution in [3.63, 3.8) is 0 Å². The summed E-state index contributed by atoms with van der Waals surface area (Å²) in [6.07, 6.45) is 1.90. The van der Waals surface area contributed by atoms with Gasteiger partial charge in [0.15, 0.2) is 5.13 Å². The van der Waals surface area contributed by atoms with Gasteiger partial charge in [-0.05, 0) is 43.2 Å². The summed E-state index contributed by atoms with van der Waals surface area (Å²) in [5, 5.41) is 1.27. The molecule has 0 bridgehead atoms. The molecule has 0 atom stereocenters. The van der Waals surface area contributed by atoms with Crippen molar-refractivity contribution in [3.05, 3.63) is 82.3 Å². The van der Waals surface area contributed by atoms with Crippen LogP contribution in [0.25, 0.3) is 10.2 Å². The van der Waals surface area contributed by atoms with E-state index in [0.29, 0.717) is 28.9 Å². The Hall–Kier alpha value is -2.63. The standard InChI is InChI=1S/C22H19ClN2O2S/c1-14-5-8-16(9-6-14)12-19(26)25(13-17-4-3-11-27-17)22-24-20-15(2)7-10-18(23)21(20)28-22/h3-11H,12-13H2,1-2H3. The van der Waals surface area contributed by atoms with Gasteiger partial charge in [-0.1, -0.05) is 58.8 Å². The summed E-state index contributed by atoms with van der Waals surface area (Å²) in [5.41, 5.74) is 4.00. The van der Waals surface area contributed by atoms with E-state index >= 15 is 0 Å². The largest absolute Gasteiger partial charge is 0.467 e. The number of furan rings is 1. The van der Waals surface area contributed by atoms with Crippen LogP contribution in [0.4, 0.5) is 5.13 Å². The van der Waals surface area contributed by atoms with Gasteiger partial charge < -0.3 is 4.42 Å². The quantitative estimate of drug-likeness (QED) is 0.409. The molecule has 0 saturated heterocycles. The number of halogens is 1.